The maximum absolute atomic E-state index is 11.9. The van der Waals surface area contributed by atoms with Crippen LogP contribution in [0.25, 0.3) is 0 Å². The van der Waals surface area contributed by atoms with Crippen molar-refractivity contribution in [3.8, 4) is 5.75 Å². The smallest absolute Gasteiger partial charge is 0.343 e. The molecule has 0 spiro atoms. The van der Waals surface area contributed by atoms with Crippen LogP contribution < -0.4 is 21.5 Å². The Morgan fingerprint density at radius 3 is 2.95 bits per heavy atom. The first-order valence-electron chi connectivity index (χ1n) is 5.99. The molecule has 0 saturated carbocycles. The summed E-state index contributed by atoms with van der Waals surface area (Å²) in [7, 11) is 3.09. The number of anilines is 2. The molecule has 0 aliphatic rings. The summed E-state index contributed by atoms with van der Waals surface area (Å²) >= 11 is 1.15. The fourth-order valence-corrected chi connectivity index (χ4v) is 2.32. The van der Waals surface area contributed by atoms with Gasteiger partial charge in [0.2, 0.25) is 5.91 Å². The van der Waals surface area contributed by atoms with E-state index in [1.807, 2.05) is 0 Å². The molecule has 1 aromatic carbocycles. The Bertz CT molecular complexity index is 709. The molecule has 2 aromatic rings. The maximum Gasteiger partial charge on any atom is 0.343 e. The van der Waals surface area contributed by atoms with Crippen molar-refractivity contribution < 1.29 is 9.53 Å². The predicted octanol–water partition coefficient (Wildman–Crippen LogP) is 0.430. The molecule has 0 bridgehead atoms. The Labute approximate surface area is 124 Å². The molecule has 9 heteroatoms. The minimum atomic E-state index is -0.324. The highest BCUT2D eigenvalue weighted by Crippen LogP contribution is 2.26. The summed E-state index contributed by atoms with van der Waals surface area (Å²) in [6, 6.07) is 4.98. The lowest BCUT2D eigenvalue weighted by atomic mass is 10.2. The molecule has 0 unspecified atom stereocenters. The average Bonchev–Trinajstić information content (AvgIpc) is 2.77. The summed E-state index contributed by atoms with van der Waals surface area (Å²) in [5.41, 5.74) is 6.38. The molecular formula is C12H15N5O3S. The lowest BCUT2D eigenvalue weighted by Crippen LogP contribution is -2.16. The van der Waals surface area contributed by atoms with Crippen LogP contribution in [0.15, 0.2) is 28.2 Å². The van der Waals surface area contributed by atoms with Gasteiger partial charge in [0.25, 0.3) is 0 Å². The fraction of sp³-hybridized carbons (Fsp3) is 0.250. The average molecular weight is 309 g/mol. The van der Waals surface area contributed by atoms with E-state index in [4.69, 9.17) is 10.5 Å². The number of aromatic amines is 1. The van der Waals surface area contributed by atoms with Crippen LogP contribution in [-0.4, -0.2) is 33.5 Å². The number of carbonyl (C=O) groups excluding carboxylic acids is 1. The number of thioether (sulfide) groups is 1. The molecule has 112 valence electrons. The molecule has 0 saturated heterocycles. The minimum absolute atomic E-state index is 0.107. The van der Waals surface area contributed by atoms with Gasteiger partial charge in [-0.2, -0.15) is 0 Å². The maximum atomic E-state index is 11.9. The van der Waals surface area contributed by atoms with Crippen molar-refractivity contribution in [3.05, 3.63) is 28.7 Å². The number of methoxy groups -OCH3 is 1. The molecule has 4 N–H and O–H groups in total. The normalized spacial score (nSPS) is 10.4. The van der Waals surface area contributed by atoms with Crippen LogP contribution >= 0.6 is 11.8 Å². The highest BCUT2D eigenvalue weighted by molar-refractivity contribution is 7.99. The van der Waals surface area contributed by atoms with Crippen LogP contribution in [0.1, 0.15) is 0 Å². The standard InChI is InChI=1S/C12H15N5O3S/c1-17-11(19)15-16-12(17)21-6-10(18)14-8-5-7(13)3-4-9(8)20-2/h3-5H,6,13H2,1-2H3,(H,14,18)(H,15,19). The lowest BCUT2D eigenvalue weighted by molar-refractivity contribution is -0.113. The van der Waals surface area contributed by atoms with Crippen molar-refractivity contribution >= 4 is 29.0 Å². The Morgan fingerprint density at radius 2 is 2.33 bits per heavy atom. The summed E-state index contributed by atoms with van der Waals surface area (Å²) in [5, 5.41) is 9.26. The van der Waals surface area contributed by atoms with Gasteiger partial charge in [-0.3, -0.25) is 9.36 Å². The Hall–Kier alpha value is -2.42. The van der Waals surface area contributed by atoms with E-state index in [-0.39, 0.29) is 17.3 Å². The van der Waals surface area contributed by atoms with E-state index < -0.39 is 0 Å². The topological polar surface area (TPSA) is 115 Å². The first-order chi connectivity index (χ1) is 10.0. The number of amides is 1. The van der Waals surface area contributed by atoms with Crippen molar-refractivity contribution in [2.24, 2.45) is 7.05 Å². The van der Waals surface area contributed by atoms with E-state index in [0.29, 0.717) is 22.3 Å². The summed E-state index contributed by atoms with van der Waals surface area (Å²) in [6.45, 7) is 0. The largest absolute Gasteiger partial charge is 0.495 e. The van der Waals surface area contributed by atoms with E-state index in [1.165, 1.54) is 11.7 Å². The van der Waals surface area contributed by atoms with Crippen LogP contribution in [0.4, 0.5) is 11.4 Å². The van der Waals surface area contributed by atoms with Gasteiger partial charge in [0, 0.05) is 12.7 Å². The number of nitrogens with zero attached hydrogens (tertiary/aromatic N) is 2. The van der Waals surface area contributed by atoms with Crippen molar-refractivity contribution in [3.63, 3.8) is 0 Å². The van der Waals surface area contributed by atoms with Gasteiger partial charge in [0.05, 0.1) is 18.6 Å². The molecule has 2 rings (SSSR count). The van der Waals surface area contributed by atoms with Crippen LogP contribution in [0.2, 0.25) is 0 Å². The number of nitrogens with one attached hydrogen (secondary N) is 2. The molecule has 1 aromatic heterocycles. The molecule has 1 heterocycles. The zero-order valence-electron chi connectivity index (χ0n) is 11.5. The predicted molar refractivity (Wildman–Crippen MR) is 80.6 cm³/mol. The van der Waals surface area contributed by atoms with Gasteiger partial charge in [0.15, 0.2) is 5.16 Å². The number of benzene rings is 1. The van der Waals surface area contributed by atoms with E-state index in [1.54, 1.807) is 25.2 Å². The third-order valence-electron chi connectivity index (χ3n) is 2.67. The zero-order chi connectivity index (χ0) is 15.4. The van der Waals surface area contributed by atoms with Crippen molar-refractivity contribution in [2.45, 2.75) is 5.16 Å². The zero-order valence-corrected chi connectivity index (χ0v) is 12.4. The first-order valence-corrected chi connectivity index (χ1v) is 6.97. The van der Waals surface area contributed by atoms with Gasteiger partial charge in [-0.15, -0.1) is 5.10 Å². The van der Waals surface area contributed by atoms with Gasteiger partial charge < -0.3 is 15.8 Å². The van der Waals surface area contributed by atoms with E-state index in [0.717, 1.165) is 11.8 Å². The molecule has 8 nitrogen and oxygen atoms in total. The Kier molecular flexibility index (Phi) is 4.53. The number of nitrogens with two attached hydrogens (primary N) is 1. The van der Waals surface area contributed by atoms with Gasteiger partial charge >= 0.3 is 5.69 Å². The monoisotopic (exact) mass is 309 g/mol. The summed E-state index contributed by atoms with van der Waals surface area (Å²) in [4.78, 5) is 23.1. The van der Waals surface area contributed by atoms with Crippen molar-refractivity contribution in [1.29, 1.82) is 0 Å². The highest BCUT2D eigenvalue weighted by atomic mass is 32.2. The quantitative estimate of drug-likeness (QED) is 0.545. The number of nitrogen functional groups attached to an aromatic ring is 1. The lowest BCUT2D eigenvalue weighted by Gasteiger charge is -2.10. The number of hydrogen-bond acceptors (Lipinski definition) is 6. The number of rotatable bonds is 5. The molecule has 0 fully saturated rings. The van der Waals surface area contributed by atoms with Gasteiger partial charge in [-0.25, -0.2) is 9.89 Å². The molecular weight excluding hydrogens is 294 g/mol. The van der Waals surface area contributed by atoms with Crippen LogP contribution in [-0.2, 0) is 11.8 Å². The first kappa shape index (κ1) is 15.0. The fourth-order valence-electron chi connectivity index (χ4n) is 1.60. The third-order valence-corrected chi connectivity index (χ3v) is 3.70. The Balaban J connectivity index is 2.00. The van der Waals surface area contributed by atoms with Crippen molar-refractivity contribution in [2.75, 3.05) is 23.9 Å². The van der Waals surface area contributed by atoms with Crippen molar-refractivity contribution in [1.82, 2.24) is 14.8 Å². The molecule has 1 amide bonds. The Morgan fingerprint density at radius 1 is 1.57 bits per heavy atom. The number of H-pyrrole nitrogens is 1. The summed E-state index contributed by atoms with van der Waals surface area (Å²) in [5.74, 6) is 0.380. The molecule has 21 heavy (non-hydrogen) atoms. The highest BCUT2D eigenvalue weighted by Gasteiger charge is 2.11. The SMILES string of the molecule is COc1ccc(N)cc1NC(=O)CSc1n[nH]c(=O)n1C. The number of hydrogen-bond donors (Lipinski definition) is 3. The molecule has 0 aliphatic carbocycles. The van der Waals surface area contributed by atoms with E-state index >= 15 is 0 Å². The van der Waals surface area contributed by atoms with Gasteiger partial charge in [-0.1, -0.05) is 11.8 Å². The van der Waals surface area contributed by atoms with Crippen LogP contribution in [0.3, 0.4) is 0 Å². The van der Waals surface area contributed by atoms with Crippen LogP contribution in [0.5, 0.6) is 5.75 Å². The number of carbonyl (C=O) groups is 1. The second kappa shape index (κ2) is 6.35. The van der Waals surface area contributed by atoms with E-state index in [2.05, 4.69) is 15.5 Å². The number of ether oxygens (including phenoxy) is 1. The third kappa shape index (κ3) is 3.57. The number of aromatic nitrogens is 3. The van der Waals surface area contributed by atoms with Crippen LogP contribution in [0, 0.1) is 0 Å². The summed E-state index contributed by atoms with van der Waals surface area (Å²) in [6.07, 6.45) is 0. The molecule has 0 aliphatic heterocycles. The molecule has 0 radical (unpaired) electrons. The molecule has 0 atom stereocenters. The minimum Gasteiger partial charge on any atom is -0.495 e. The van der Waals surface area contributed by atoms with E-state index in [9.17, 15) is 9.59 Å². The van der Waals surface area contributed by atoms with Gasteiger partial charge in [-0.05, 0) is 18.2 Å². The second-order valence-electron chi connectivity index (χ2n) is 4.17. The second-order valence-corrected chi connectivity index (χ2v) is 5.11. The summed E-state index contributed by atoms with van der Waals surface area (Å²) < 4.78 is 6.48. The van der Waals surface area contributed by atoms with Gasteiger partial charge in [0.1, 0.15) is 5.75 Å².